The molecule has 2 aromatic rings. The highest BCUT2D eigenvalue weighted by molar-refractivity contribution is 5.96. The van der Waals surface area contributed by atoms with Gasteiger partial charge in [-0.25, -0.2) is 0 Å². The standard InChI is InChI=1S/C21H26N4O3.ClH/c1-15(22)19-9-5-6-12-24(19)21(26)17-10-11-18(20(13-17)25(27)28)23-14-16-7-3-2-4-8-16;/h2-4,7-8,10-11,13,15,19,23H,5-6,9,12,14,22H2,1H3;1H. The molecule has 1 saturated heterocycles. The second kappa shape index (κ2) is 10.2. The van der Waals surface area contributed by atoms with Gasteiger partial charge in [0.1, 0.15) is 5.69 Å². The van der Waals surface area contributed by atoms with E-state index in [1.807, 2.05) is 37.3 Å². The summed E-state index contributed by atoms with van der Waals surface area (Å²) in [5.41, 5.74) is 7.70. The number of nitrogens with zero attached hydrogens (tertiary/aromatic N) is 2. The molecule has 1 fully saturated rings. The molecule has 1 amide bonds. The molecule has 156 valence electrons. The Kier molecular flexibility index (Phi) is 7.99. The van der Waals surface area contributed by atoms with E-state index in [0.717, 1.165) is 24.8 Å². The first-order valence-corrected chi connectivity index (χ1v) is 9.60. The number of amides is 1. The molecule has 1 aliphatic heterocycles. The number of nitro groups is 1. The van der Waals surface area contributed by atoms with Gasteiger partial charge >= 0.3 is 0 Å². The Bertz CT molecular complexity index is 845. The van der Waals surface area contributed by atoms with E-state index < -0.39 is 4.92 Å². The van der Waals surface area contributed by atoms with Crippen molar-refractivity contribution >= 4 is 29.7 Å². The van der Waals surface area contributed by atoms with Crippen molar-refractivity contribution in [2.45, 2.75) is 44.8 Å². The number of carbonyl (C=O) groups excluding carboxylic acids is 1. The molecule has 29 heavy (non-hydrogen) atoms. The third-order valence-electron chi connectivity index (χ3n) is 5.18. The SMILES string of the molecule is CC(N)C1CCCCN1C(=O)c1ccc(NCc2ccccc2)c([N+](=O)[O-])c1.Cl. The molecule has 1 heterocycles. The van der Waals surface area contributed by atoms with Crippen molar-refractivity contribution < 1.29 is 9.72 Å². The first-order valence-electron chi connectivity index (χ1n) is 9.60. The predicted molar refractivity (Wildman–Crippen MR) is 116 cm³/mol. The number of piperidine rings is 1. The van der Waals surface area contributed by atoms with Crippen molar-refractivity contribution in [3.8, 4) is 0 Å². The van der Waals surface area contributed by atoms with Crippen molar-refractivity contribution in [3.05, 3.63) is 69.8 Å². The Morgan fingerprint density at radius 1 is 1.28 bits per heavy atom. The third-order valence-corrected chi connectivity index (χ3v) is 5.18. The van der Waals surface area contributed by atoms with Crippen molar-refractivity contribution in [2.24, 2.45) is 5.73 Å². The normalized spacial score (nSPS) is 17.2. The van der Waals surface area contributed by atoms with E-state index in [0.29, 0.717) is 24.3 Å². The lowest BCUT2D eigenvalue weighted by Gasteiger charge is -2.38. The Morgan fingerprint density at radius 2 is 2.00 bits per heavy atom. The van der Waals surface area contributed by atoms with Crippen LogP contribution in [0.15, 0.2) is 48.5 Å². The zero-order valence-electron chi connectivity index (χ0n) is 16.4. The number of nitro benzene ring substituents is 1. The van der Waals surface area contributed by atoms with Gasteiger partial charge in [-0.2, -0.15) is 0 Å². The number of benzene rings is 2. The van der Waals surface area contributed by atoms with Crippen LogP contribution < -0.4 is 11.1 Å². The van der Waals surface area contributed by atoms with E-state index in [2.05, 4.69) is 5.32 Å². The highest BCUT2D eigenvalue weighted by Crippen LogP contribution is 2.28. The zero-order valence-corrected chi connectivity index (χ0v) is 17.2. The van der Waals surface area contributed by atoms with Gasteiger partial charge in [-0.15, -0.1) is 12.4 Å². The summed E-state index contributed by atoms with van der Waals surface area (Å²) in [6.45, 7) is 3.00. The first-order chi connectivity index (χ1) is 13.5. The fourth-order valence-corrected chi connectivity index (χ4v) is 3.68. The van der Waals surface area contributed by atoms with Crippen molar-refractivity contribution in [3.63, 3.8) is 0 Å². The van der Waals surface area contributed by atoms with Gasteiger partial charge in [-0.3, -0.25) is 14.9 Å². The quantitative estimate of drug-likeness (QED) is 0.545. The number of nitrogens with two attached hydrogens (primary N) is 1. The minimum Gasteiger partial charge on any atom is -0.375 e. The molecular formula is C21H27ClN4O3. The molecule has 2 unspecified atom stereocenters. The maximum Gasteiger partial charge on any atom is 0.293 e. The van der Waals surface area contributed by atoms with E-state index in [9.17, 15) is 14.9 Å². The van der Waals surface area contributed by atoms with Crippen LogP contribution in [-0.2, 0) is 6.54 Å². The van der Waals surface area contributed by atoms with Gasteiger partial charge in [-0.05, 0) is 43.9 Å². The van der Waals surface area contributed by atoms with Crippen LogP contribution in [0.5, 0.6) is 0 Å². The Balaban J connectivity index is 0.00000300. The molecule has 2 atom stereocenters. The smallest absolute Gasteiger partial charge is 0.293 e. The Hall–Kier alpha value is -2.64. The fraction of sp³-hybridized carbons (Fsp3) is 0.381. The monoisotopic (exact) mass is 418 g/mol. The summed E-state index contributed by atoms with van der Waals surface area (Å²) in [7, 11) is 0. The summed E-state index contributed by atoms with van der Waals surface area (Å²) in [6, 6.07) is 14.1. The fourth-order valence-electron chi connectivity index (χ4n) is 3.68. The minimum atomic E-state index is -0.455. The van der Waals surface area contributed by atoms with Crippen LogP contribution in [0.3, 0.4) is 0 Å². The molecule has 2 aromatic carbocycles. The van der Waals surface area contributed by atoms with Crippen molar-refractivity contribution in [1.82, 2.24) is 4.90 Å². The number of hydrogen-bond acceptors (Lipinski definition) is 5. The number of rotatable bonds is 6. The van der Waals surface area contributed by atoms with E-state index in [4.69, 9.17) is 5.73 Å². The van der Waals surface area contributed by atoms with E-state index in [1.54, 1.807) is 17.0 Å². The molecule has 0 bridgehead atoms. The third kappa shape index (κ3) is 5.46. The van der Waals surface area contributed by atoms with Crippen LogP contribution in [0.4, 0.5) is 11.4 Å². The summed E-state index contributed by atoms with van der Waals surface area (Å²) < 4.78 is 0. The molecule has 0 spiro atoms. The van der Waals surface area contributed by atoms with Crippen LogP contribution in [0, 0.1) is 10.1 Å². The molecule has 7 nitrogen and oxygen atoms in total. The van der Waals surface area contributed by atoms with Gasteiger partial charge in [-0.1, -0.05) is 30.3 Å². The molecule has 3 rings (SSSR count). The molecule has 3 N–H and O–H groups in total. The maximum atomic E-state index is 13.0. The van der Waals surface area contributed by atoms with Crippen molar-refractivity contribution in [2.75, 3.05) is 11.9 Å². The minimum absolute atomic E-state index is 0. The average molecular weight is 419 g/mol. The maximum absolute atomic E-state index is 13.0. The topological polar surface area (TPSA) is 102 Å². The van der Waals surface area contributed by atoms with Crippen molar-refractivity contribution in [1.29, 1.82) is 0 Å². The van der Waals surface area contributed by atoms with E-state index in [1.165, 1.54) is 6.07 Å². The van der Waals surface area contributed by atoms with Crippen LogP contribution in [0.25, 0.3) is 0 Å². The molecular weight excluding hydrogens is 392 g/mol. The summed E-state index contributed by atoms with van der Waals surface area (Å²) in [4.78, 5) is 25.9. The molecule has 0 aromatic heterocycles. The molecule has 8 heteroatoms. The van der Waals surface area contributed by atoms with Crippen LogP contribution in [0.1, 0.15) is 42.1 Å². The average Bonchev–Trinajstić information content (AvgIpc) is 2.72. The lowest BCUT2D eigenvalue weighted by Crippen LogP contribution is -2.51. The molecule has 0 aliphatic carbocycles. The van der Waals surface area contributed by atoms with Gasteiger partial charge in [0.05, 0.1) is 4.92 Å². The largest absolute Gasteiger partial charge is 0.375 e. The number of nitrogens with one attached hydrogen (secondary N) is 1. The van der Waals surface area contributed by atoms with Crippen LogP contribution in [0.2, 0.25) is 0 Å². The molecule has 0 radical (unpaired) electrons. The Morgan fingerprint density at radius 3 is 2.66 bits per heavy atom. The zero-order chi connectivity index (χ0) is 20.1. The van der Waals surface area contributed by atoms with Crippen LogP contribution >= 0.6 is 12.4 Å². The number of likely N-dealkylation sites (tertiary alicyclic amines) is 1. The lowest BCUT2D eigenvalue weighted by atomic mass is 9.96. The number of anilines is 1. The molecule has 1 aliphatic rings. The van der Waals surface area contributed by atoms with Gasteiger partial charge < -0.3 is 16.0 Å². The second-order valence-electron chi connectivity index (χ2n) is 7.25. The van der Waals surface area contributed by atoms with E-state index >= 15 is 0 Å². The number of hydrogen-bond donors (Lipinski definition) is 2. The van der Waals surface area contributed by atoms with E-state index in [-0.39, 0.29) is 36.1 Å². The summed E-state index contributed by atoms with van der Waals surface area (Å²) in [5, 5.41) is 14.7. The highest BCUT2D eigenvalue weighted by Gasteiger charge is 2.30. The second-order valence-corrected chi connectivity index (χ2v) is 7.25. The van der Waals surface area contributed by atoms with Gasteiger partial charge in [0.25, 0.3) is 11.6 Å². The summed E-state index contributed by atoms with van der Waals surface area (Å²) in [5.74, 6) is -0.195. The van der Waals surface area contributed by atoms with Gasteiger partial charge in [0.15, 0.2) is 0 Å². The predicted octanol–water partition coefficient (Wildman–Crippen LogP) is 3.97. The first kappa shape index (κ1) is 22.6. The summed E-state index contributed by atoms with van der Waals surface area (Å²) in [6.07, 6.45) is 2.83. The van der Waals surface area contributed by atoms with Gasteiger partial charge in [0.2, 0.25) is 0 Å². The lowest BCUT2D eigenvalue weighted by molar-refractivity contribution is -0.384. The van der Waals surface area contributed by atoms with Gasteiger partial charge in [0, 0.05) is 36.8 Å². The van der Waals surface area contributed by atoms with Crippen LogP contribution in [-0.4, -0.2) is 34.4 Å². The summed E-state index contributed by atoms with van der Waals surface area (Å²) >= 11 is 0. The number of carbonyl (C=O) groups is 1. The molecule has 0 saturated carbocycles. The Labute approximate surface area is 176 Å². The number of halogens is 1. The highest BCUT2D eigenvalue weighted by atomic mass is 35.5.